The van der Waals surface area contributed by atoms with Gasteiger partial charge in [0.05, 0.1) is 5.60 Å². The largest absolute Gasteiger partial charge is 0.396 e. The number of aliphatic hydroxyl groups excluding tert-OH is 1. The fourth-order valence-corrected chi connectivity index (χ4v) is 0.833. The quantitative estimate of drug-likeness (QED) is 0.598. The number of amides is 1. The van der Waals surface area contributed by atoms with Crippen molar-refractivity contribution in [1.29, 1.82) is 0 Å². The summed E-state index contributed by atoms with van der Waals surface area (Å²) in [5, 5.41) is 8.70. The molecule has 0 fully saturated rings. The molecule has 1 atom stereocenters. The summed E-state index contributed by atoms with van der Waals surface area (Å²) < 4.78 is 5.25. The molecule has 0 bridgehead atoms. The molecule has 72 valence electrons. The van der Waals surface area contributed by atoms with Crippen LogP contribution in [-0.4, -0.2) is 29.8 Å². The van der Waals surface area contributed by atoms with E-state index in [1.807, 2.05) is 13.8 Å². The zero-order valence-electron chi connectivity index (χ0n) is 7.67. The van der Waals surface area contributed by atoms with Crippen LogP contribution in [0.15, 0.2) is 0 Å². The standard InChI is InChI=1S/C8H17NO3/c1-3-8(2,4-5-10)12-6-7(9)11/h10H,3-6H2,1-2H3,(H2,9,11). The zero-order valence-corrected chi connectivity index (χ0v) is 7.67. The van der Waals surface area contributed by atoms with E-state index in [4.69, 9.17) is 15.6 Å². The highest BCUT2D eigenvalue weighted by atomic mass is 16.5. The molecule has 4 heteroatoms. The lowest BCUT2D eigenvalue weighted by molar-refractivity contribution is -0.130. The van der Waals surface area contributed by atoms with Gasteiger partial charge in [0.1, 0.15) is 6.61 Å². The summed E-state index contributed by atoms with van der Waals surface area (Å²) in [6, 6.07) is 0. The van der Waals surface area contributed by atoms with Crippen molar-refractivity contribution in [2.24, 2.45) is 5.73 Å². The van der Waals surface area contributed by atoms with E-state index in [0.717, 1.165) is 6.42 Å². The maximum Gasteiger partial charge on any atom is 0.243 e. The molecule has 0 aromatic rings. The summed E-state index contributed by atoms with van der Waals surface area (Å²) in [5.74, 6) is -0.479. The van der Waals surface area contributed by atoms with Gasteiger partial charge >= 0.3 is 0 Å². The van der Waals surface area contributed by atoms with Crippen molar-refractivity contribution in [1.82, 2.24) is 0 Å². The second kappa shape index (κ2) is 5.11. The summed E-state index contributed by atoms with van der Waals surface area (Å²) in [5.41, 5.74) is 4.50. The minimum absolute atomic E-state index is 0.0586. The van der Waals surface area contributed by atoms with Crippen molar-refractivity contribution in [3.05, 3.63) is 0 Å². The van der Waals surface area contributed by atoms with Crippen LogP contribution in [0.4, 0.5) is 0 Å². The Morgan fingerprint density at radius 3 is 2.58 bits per heavy atom. The molecule has 1 unspecified atom stereocenters. The van der Waals surface area contributed by atoms with E-state index in [9.17, 15) is 4.79 Å². The molecule has 0 aliphatic carbocycles. The highest BCUT2D eigenvalue weighted by Gasteiger charge is 2.22. The van der Waals surface area contributed by atoms with Gasteiger partial charge in [0.2, 0.25) is 5.91 Å². The average molecular weight is 175 g/mol. The van der Waals surface area contributed by atoms with Crippen molar-refractivity contribution in [2.75, 3.05) is 13.2 Å². The summed E-state index contributed by atoms with van der Waals surface area (Å²) in [7, 11) is 0. The van der Waals surface area contributed by atoms with Gasteiger partial charge in [0.15, 0.2) is 0 Å². The molecule has 0 aliphatic rings. The van der Waals surface area contributed by atoms with Crippen LogP contribution in [0, 0.1) is 0 Å². The van der Waals surface area contributed by atoms with E-state index < -0.39 is 11.5 Å². The smallest absolute Gasteiger partial charge is 0.243 e. The predicted octanol–water partition coefficient (Wildman–Crippen LogP) is 0.0394. The van der Waals surface area contributed by atoms with Gasteiger partial charge in [-0.3, -0.25) is 4.79 Å². The number of rotatable bonds is 6. The van der Waals surface area contributed by atoms with E-state index in [0.29, 0.717) is 6.42 Å². The maximum absolute atomic E-state index is 10.4. The lowest BCUT2D eigenvalue weighted by atomic mass is 9.99. The van der Waals surface area contributed by atoms with Gasteiger partial charge in [-0.05, 0) is 19.8 Å². The Balaban J connectivity index is 3.86. The van der Waals surface area contributed by atoms with E-state index in [1.165, 1.54) is 0 Å². The Labute approximate surface area is 72.7 Å². The number of carbonyl (C=O) groups is 1. The molecule has 4 nitrogen and oxygen atoms in total. The van der Waals surface area contributed by atoms with Gasteiger partial charge in [-0.2, -0.15) is 0 Å². The molecule has 0 aromatic heterocycles. The molecule has 0 saturated carbocycles. The van der Waals surface area contributed by atoms with Gasteiger partial charge in [0.25, 0.3) is 0 Å². The van der Waals surface area contributed by atoms with Gasteiger partial charge in [-0.1, -0.05) is 6.92 Å². The number of aliphatic hydroxyl groups is 1. The number of nitrogens with two attached hydrogens (primary N) is 1. The molecular weight excluding hydrogens is 158 g/mol. The van der Waals surface area contributed by atoms with Crippen molar-refractivity contribution >= 4 is 5.91 Å². The summed E-state index contributed by atoms with van der Waals surface area (Å²) in [4.78, 5) is 10.4. The Morgan fingerprint density at radius 1 is 1.67 bits per heavy atom. The third-order valence-electron chi connectivity index (χ3n) is 1.95. The van der Waals surface area contributed by atoms with E-state index >= 15 is 0 Å². The second-order valence-corrected chi connectivity index (χ2v) is 3.03. The Bertz CT molecular complexity index is 149. The monoisotopic (exact) mass is 175 g/mol. The Kier molecular flexibility index (Phi) is 4.85. The van der Waals surface area contributed by atoms with Crippen molar-refractivity contribution < 1.29 is 14.6 Å². The SMILES string of the molecule is CCC(C)(CCO)OCC(N)=O. The minimum atomic E-state index is -0.479. The van der Waals surface area contributed by atoms with E-state index in [2.05, 4.69) is 0 Å². The predicted molar refractivity (Wildman–Crippen MR) is 45.5 cm³/mol. The molecule has 0 saturated heterocycles. The zero-order chi connectivity index (χ0) is 9.61. The number of hydrogen-bond acceptors (Lipinski definition) is 3. The fourth-order valence-electron chi connectivity index (χ4n) is 0.833. The van der Waals surface area contributed by atoms with E-state index in [1.54, 1.807) is 0 Å². The molecule has 0 rings (SSSR count). The number of primary amides is 1. The van der Waals surface area contributed by atoms with Crippen LogP contribution in [0.5, 0.6) is 0 Å². The van der Waals surface area contributed by atoms with Crippen LogP contribution in [0.3, 0.4) is 0 Å². The molecule has 0 aromatic carbocycles. The lowest BCUT2D eigenvalue weighted by Gasteiger charge is -2.27. The molecule has 12 heavy (non-hydrogen) atoms. The van der Waals surface area contributed by atoms with Gasteiger partial charge < -0.3 is 15.6 Å². The highest BCUT2D eigenvalue weighted by molar-refractivity contribution is 5.75. The molecule has 3 N–H and O–H groups in total. The molecule has 0 radical (unpaired) electrons. The van der Waals surface area contributed by atoms with Crippen LogP contribution in [0.1, 0.15) is 26.7 Å². The van der Waals surface area contributed by atoms with Crippen LogP contribution in [0.25, 0.3) is 0 Å². The van der Waals surface area contributed by atoms with Gasteiger partial charge in [-0.25, -0.2) is 0 Å². The minimum Gasteiger partial charge on any atom is -0.396 e. The highest BCUT2D eigenvalue weighted by Crippen LogP contribution is 2.18. The molecule has 0 spiro atoms. The number of hydrogen-bond donors (Lipinski definition) is 2. The first-order valence-corrected chi connectivity index (χ1v) is 4.07. The summed E-state index contributed by atoms with van der Waals surface area (Å²) in [6.07, 6.45) is 1.28. The van der Waals surface area contributed by atoms with E-state index in [-0.39, 0.29) is 13.2 Å². The van der Waals surface area contributed by atoms with Crippen LogP contribution >= 0.6 is 0 Å². The second-order valence-electron chi connectivity index (χ2n) is 3.03. The van der Waals surface area contributed by atoms with Crippen molar-refractivity contribution in [2.45, 2.75) is 32.3 Å². The maximum atomic E-state index is 10.4. The third-order valence-corrected chi connectivity index (χ3v) is 1.95. The lowest BCUT2D eigenvalue weighted by Crippen LogP contribution is -2.33. The Hall–Kier alpha value is -0.610. The first-order chi connectivity index (χ1) is 5.54. The van der Waals surface area contributed by atoms with Crippen LogP contribution in [-0.2, 0) is 9.53 Å². The summed E-state index contributed by atoms with van der Waals surface area (Å²) >= 11 is 0. The van der Waals surface area contributed by atoms with Crippen LogP contribution in [0.2, 0.25) is 0 Å². The Morgan fingerprint density at radius 2 is 2.25 bits per heavy atom. The number of carbonyl (C=O) groups excluding carboxylic acids is 1. The number of ether oxygens (including phenoxy) is 1. The molecular formula is C8H17NO3. The molecule has 0 heterocycles. The van der Waals surface area contributed by atoms with Gasteiger partial charge in [-0.15, -0.1) is 0 Å². The molecule has 1 amide bonds. The average Bonchev–Trinajstić information content (AvgIpc) is 2.02. The van der Waals surface area contributed by atoms with Crippen molar-refractivity contribution in [3.8, 4) is 0 Å². The third kappa shape index (κ3) is 4.31. The fraction of sp³-hybridized carbons (Fsp3) is 0.875. The summed E-state index contributed by atoms with van der Waals surface area (Å²) in [6.45, 7) is 3.77. The topological polar surface area (TPSA) is 72.6 Å². The first-order valence-electron chi connectivity index (χ1n) is 4.07. The van der Waals surface area contributed by atoms with Gasteiger partial charge in [0, 0.05) is 6.61 Å². The first kappa shape index (κ1) is 11.4. The normalized spacial score (nSPS) is 15.6. The van der Waals surface area contributed by atoms with Crippen molar-refractivity contribution in [3.63, 3.8) is 0 Å². The van der Waals surface area contributed by atoms with Crippen LogP contribution < -0.4 is 5.73 Å². The molecule has 0 aliphatic heterocycles.